The van der Waals surface area contributed by atoms with Crippen LogP contribution in [0.2, 0.25) is 0 Å². The summed E-state index contributed by atoms with van der Waals surface area (Å²) < 4.78 is 21.1. The van der Waals surface area contributed by atoms with Gasteiger partial charge in [0.1, 0.15) is 5.76 Å². The zero-order chi connectivity index (χ0) is 13.8. The van der Waals surface area contributed by atoms with Crippen LogP contribution in [0.1, 0.15) is 19.1 Å². The van der Waals surface area contributed by atoms with Crippen molar-refractivity contribution in [2.24, 2.45) is 0 Å². The van der Waals surface area contributed by atoms with Gasteiger partial charge < -0.3 is 23.9 Å². The van der Waals surface area contributed by atoms with Crippen LogP contribution in [0.15, 0.2) is 22.8 Å². The first kappa shape index (κ1) is 16.2. The molecule has 1 heterocycles. The number of hydrogen-bond donors (Lipinski definition) is 1. The molecule has 0 bridgehead atoms. The number of methoxy groups -OCH3 is 1. The van der Waals surface area contributed by atoms with Crippen LogP contribution in [0.5, 0.6) is 0 Å². The van der Waals surface area contributed by atoms with Crippen molar-refractivity contribution < 1.29 is 18.6 Å². The topological polar surface area (TPSA) is 52.9 Å². The summed E-state index contributed by atoms with van der Waals surface area (Å²) in [6, 6.07) is 3.84. The molecular formula is C14H25NO4. The molecular weight excluding hydrogens is 246 g/mol. The Balaban J connectivity index is 1.86. The molecule has 0 aliphatic rings. The monoisotopic (exact) mass is 271 g/mol. The molecule has 0 aromatic carbocycles. The molecule has 1 unspecified atom stereocenters. The molecule has 0 radical (unpaired) electrons. The van der Waals surface area contributed by atoms with Gasteiger partial charge in [-0.1, -0.05) is 0 Å². The van der Waals surface area contributed by atoms with Gasteiger partial charge in [-0.15, -0.1) is 0 Å². The molecule has 0 saturated carbocycles. The van der Waals surface area contributed by atoms with Gasteiger partial charge >= 0.3 is 0 Å². The second-order valence-corrected chi connectivity index (χ2v) is 4.35. The maximum absolute atomic E-state index is 5.66. The predicted octanol–water partition coefficient (Wildman–Crippen LogP) is 1.83. The molecule has 0 saturated heterocycles. The SMILES string of the molecule is COCCOCCCOC(C)CNCc1ccco1. The third kappa shape index (κ3) is 8.77. The van der Waals surface area contributed by atoms with Crippen LogP contribution in [0.25, 0.3) is 0 Å². The highest BCUT2D eigenvalue weighted by molar-refractivity contribution is 4.97. The van der Waals surface area contributed by atoms with Crippen LogP contribution in [-0.4, -0.2) is 46.2 Å². The summed E-state index contributed by atoms with van der Waals surface area (Å²) in [5.41, 5.74) is 0. The molecule has 19 heavy (non-hydrogen) atoms. The second kappa shape index (κ2) is 11.0. The lowest BCUT2D eigenvalue weighted by molar-refractivity contribution is 0.0302. The van der Waals surface area contributed by atoms with Crippen LogP contribution in [0, 0.1) is 0 Å². The fraction of sp³-hybridized carbons (Fsp3) is 0.714. The van der Waals surface area contributed by atoms with Gasteiger partial charge in [0.05, 0.1) is 32.1 Å². The minimum Gasteiger partial charge on any atom is -0.468 e. The zero-order valence-electron chi connectivity index (χ0n) is 11.9. The molecule has 110 valence electrons. The molecule has 1 atom stereocenters. The van der Waals surface area contributed by atoms with Crippen molar-refractivity contribution in [2.75, 3.05) is 40.1 Å². The number of hydrogen-bond acceptors (Lipinski definition) is 5. The second-order valence-electron chi connectivity index (χ2n) is 4.35. The van der Waals surface area contributed by atoms with E-state index in [4.69, 9.17) is 18.6 Å². The van der Waals surface area contributed by atoms with Crippen molar-refractivity contribution >= 4 is 0 Å². The van der Waals surface area contributed by atoms with E-state index < -0.39 is 0 Å². The molecule has 1 N–H and O–H groups in total. The normalized spacial score (nSPS) is 12.7. The Hall–Kier alpha value is -0.880. The third-order valence-corrected chi connectivity index (χ3v) is 2.58. The van der Waals surface area contributed by atoms with Crippen LogP contribution < -0.4 is 5.32 Å². The molecule has 1 aromatic heterocycles. The Morgan fingerprint density at radius 3 is 2.89 bits per heavy atom. The van der Waals surface area contributed by atoms with Gasteiger partial charge in [-0.2, -0.15) is 0 Å². The van der Waals surface area contributed by atoms with E-state index in [-0.39, 0.29) is 6.10 Å². The fourth-order valence-corrected chi connectivity index (χ4v) is 1.56. The fourth-order valence-electron chi connectivity index (χ4n) is 1.56. The Labute approximate surface area is 115 Å². The Bertz CT molecular complexity index is 290. The van der Waals surface area contributed by atoms with E-state index in [1.807, 2.05) is 12.1 Å². The molecule has 1 rings (SSSR count). The Morgan fingerprint density at radius 1 is 1.26 bits per heavy atom. The summed E-state index contributed by atoms with van der Waals surface area (Å²) in [6.45, 7) is 6.34. The molecule has 5 nitrogen and oxygen atoms in total. The van der Waals surface area contributed by atoms with Crippen LogP contribution in [0.3, 0.4) is 0 Å². The summed E-state index contributed by atoms with van der Waals surface area (Å²) in [6.07, 6.45) is 2.78. The molecule has 0 amide bonds. The van der Waals surface area contributed by atoms with Crippen molar-refractivity contribution in [3.63, 3.8) is 0 Å². The van der Waals surface area contributed by atoms with Gasteiger partial charge in [-0.3, -0.25) is 0 Å². The maximum atomic E-state index is 5.66. The average molecular weight is 271 g/mol. The van der Waals surface area contributed by atoms with Crippen molar-refractivity contribution in [3.05, 3.63) is 24.2 Å². The highest BCUT2D eigenvalue weighted by atomic mass is 16.5. The van der Waals surface area contributed by atoms with Gasteiger partial charge in [-0.25, -0.2) is 0 Å². The van der Waals surface area contributed by atoms with Gasteiger partial charge in [0.15, 0.2) is 0 Å². The van der Waals surface area contributed by atoms with Crippen molar-refractivity contribution in [1.82, 2.24) is 5.32 Å². The van der Waals surface area contributed by atoms with E-state index in [9.17, 15) is 0 Å². The lowest BCUT2D eigenvalue weighted by Gasteiger charge is -2.13. The molecule has 5 heteroatoms. The van der Waals surface area contributed by atoms with Crippen molar-refractivity contribution in [2.45, 2.75) is 26.0 Å². The van der Waals surface area contributed by atoms with E-state index in [1.165, 1.54) is 0 Å². The lowest BCUT2D eigenvalue weighted by atomic mass is 10.3. The summed E-state index contributed by atoms with van der Waals surface area (Å²) in [5.74, 6) is 0.943. The first-order chi connectivity index (χ1) is 9.33. The third-order valence-electron chi connectivity index (χ3n) is 2.58. The van der Waals surface area contributed by atoms with Gasteiger partial charge in [0.25, 0.3) is 0 Å². The smallest absolute Gasteiger partial charge is 0.117 e. The highest BCUT2D eigenvalue weighted by Crippen LogP contribution is 1.99. The van der Waals surface area contributed by atoms with Crippen LogP contribution in [-0.2, 0) is 20.8 Å². The standard InChI is InChI=1S/C14H25NO4/c1-13(11-15-12-14-5-3-7-19-14)18-8-4-6-17-10-9-16-2/h3,5,7,13,15H,4,6,8-12H2,1-2H3. The average Bonchev–Trinajstić information content (AvgIpc) is 2.91. The van der Waals surface area contributed by atoms with Crippen LogP contribution in [0.4, 0.5) is 0 Å². The summed E-state index contributed by atoms with van der Waals surface area (Å²) in [4.78, 5) is 0. The first-order valence-corrected chi connectivity index (χ1v) is 6.74. The van der Waals surface area contributed by atoms with Crippen LogP contribution >= 0.6 is 0 Å². The maximum Gasteiger partial charge on any atom is 0.117 e. The Morgan fingerprint density at radius 2 is 2.16 bits per heavy atom. The quantitative estimate of drug-likeness (QED) is 0.588. The zero-order valence-corrected chi connectivity index (χ0v) is 11.9. The molecule has 0 aliphatic heterocycles. The van der Waals surface area contributed by atoms with E-state index in [2.05, 4.69) is 12.2 Å². The summed E-state index contributed by atoms with van der Waals surface area (Å²) in [5, 5.41) is 3.29. The molecule has 1 aromatic rings. The number of rotatable bonds is 12. The number of nitrogens with one attached hydrogen (secondary N) is 1. The lowest BCUT2D eigenvalue weighted by Crippen LogP contribution is -2.26. The van der Waals surface area contributed by atoms with E-state index >= 15 is 0 Å². The molecule has 0 fully saturated rings. The number of furan rings is 1. The Kier molecular flexibility index (Phi) is 9.36. The molecule has 0 spiro atoms. The van der Waals surface area contributed by atoms with Gasteiger partial charge in [0.2, 0.25) is 0 Å². The summed E-state index contributed by atoms with van der Waals surface area (Å²) in [7, 11) is 1.67. The minimum absolute atomic E-state index is 0.189. The van der Waals surface area contributed by atoms with Crippen molar-refractivity contribution in [1.29, 1.82) is 0 Å². The number of ether oxygens (including phenoxy) is 3. The van der Waals surface area contributed by atoms with Gasteiger partial charge in [-0.05, 0) is 25.5 Å². The largest absolute Gasteiger partial charge is 0.468 e. The first-order valence-electron chi connectivity index (χ1n) is 6.74. The minimum atomic E-state index is 0.189. The predicted molar refractivity (Wildman–Crippen MR) is 73.1 cm³/mol. The van der Waals surface area contributed by atoms with Gasteiger partial charge in [0, 0.05) is 26.9 Å². The summed E-state index contributed by atoms with van der Waals surface area (Å²) >= 11 is 0. The van der Waals surface area contributed by atoms with E-state index in [0.29, 0.717) is 13.2 Å². The van der Waals surface area contributed by atoms with E-state index in [0.717, 1.165) is 38.5 Å². The molecule has 0 aliphatic carbocycles. The van der Waals surface area contributed by atoms with Crippen molar-refractivity contribution in [3.8, 4) is 0 Å². The van der Waals surface area contributed by atoms with E-state index in [1.54, 1.807) is 13.4 Å². The highest BCUT2D eigenvalue weighted by Gasteiger charge is 2.02.